The Morgan fingerprint density at radius 1 is 1.13 bits per heavy atom. The van der Waals surface area contributed by atoms with Gasteiger partial charge in [0.2, 0.25) is 5.91 Å². The van der Waals surface area contributed by atoms with E-state index in [0.29, 0.717) is 22.2 Å². The Hall–Kier alpha value is -2.40. The molecular weight excluding hydrogens is 318 g/mol. The van der Waals surface area contributed by atoms with E-state index in [1.54, 1.807) is 43.4 Å². The van der Waals surface area contributed by atoms with Gasteiger partial charge in [-0.15, -0.1) is 0 Å². The average molecular weight is 336 g/mol. The molecule has 0 fully saturated rings. The van der Waals surface area contributed by atoms with Gasteiger partial charge in [0.05, 0.1) is 31.4 Å². The van der Waals surface area contributed by atoms with Crippen LogP contribution in [0.3, 0.4) is 0 Å². The third-order valence-corrected chi connectivity index (χ3v) is 3.78. The summed E-state index contributed by atoms with van der Waals surface area (Å²) in [4.78, 5) is 13.9. The summed E-state index contributed by atoms with van der Waals surface area (Å²) in [6.07, 6.45) is 0.198. The molecule has 23 heavy (non-hydrogen) atoms. The third-order valence-electron chi connectivity index (χ3n) is 3.48. The molecule has 0 heterocycles. The van der Waals surface area contributed by atoms with Crippen LogP contribution in [0.4, 0.5) is 5.69 Å². The van der Waals surface area contributed by atoms with Crippen molar-refractivity contribution in [1.82, 2.24) is 0 Å². The number of halogens is 1. The van der Waals surface area contributed by atoms with E-state index in [1.165, 1.54) is 19.1 Å². The summed E-state index contributed by atoms with van der Waals surface area (Å²) < 4.78 is 10.5. The summed E-state index contributed by atoms with van der Waals surface area (Å²) in [6, 6.07) is 9.79. The zero-order valence-electron chi connectivity index (χ0n) is 13.2. The van der Waals surface area contributed by atoms with Gasteiger partial charge in [0.25, 0.3) is 0 Å². The monoisotopic (exact) mass is 335 g/mol. The normalized spacial score (nSPS) is 10.3. The van der Waals surface area contributed by atoms with Gasteiger partial charge >= 0.3 is 0 Å². The summed E-state index contributed by atoms with van der Waals surface area (Å²) in [5.41, 5.74) is 1.36. The van der Waals surface area contributed by atoms with Crippen molar-refractivity contribution in [3.05, 3.63) is 47.0 Å². The largest absolute Gasteiger partial charge is 0.508 e. The standard InChI is InChI=1S/C17H18ClNO4/c1-19(17(21)8-11-4-6-12(20)7-5-11)14-9-13(18)15(22-2)10-16(14)23-3/h4-7,9-10,20H,8H2,1-3H3. The van der Waals surface area contributed by atoms with Crippen molar-refractivity contribution in [3.8, 4) is 17.2 Å². The predicted octanol–water partition coefficient (Wildman–Crippen LogP) is 3.27. The van der Waals surface area contributed by atoms with E-state index in [1.807, 2.05) is 0 Å². The van der Waals surface area contributed by atoms with E-state index in [2.05, 4.69) is 0 Å². The molecule has 0 radical (unpaired) electrons. The molecule has 2 aromatic carbocycles. The van der Waals surface area contributed by atoms with E-state index in [4.69, 9.17) is 21.1 Å². The van der Waals surface area contributed by atoms with E-state index < -0.39 is 0 Å². The summed E-state index contributed by atoms with van der Waals surface area (Å²) in [5.74, 6) is 1.01. The number of hydrogen-bond donors (Lipinski definition) is 1. The van der Waals surface area contributed by atoms with Crippen molar-refractivity contribution >= 4 is 23.2 Å². The maximum absolute atomic E-state index is 12.5. The van der Waals surface area contributed by atoms with E-state index in [0.717, 1.165) is 5.56 Å². The van der Waals surface area contributed by atoms with Crippen LogP contribution < -0.4 is 14.4 Å². The first-order chi connectivity index (χ1) is 11.0. The van der Waals surface area contributed by atoms with Crippen molar-refractivity contribution in [2.24, 2.45) is 0 Å². The molecule has 5 nitrogen and oxygen atoms in total. The van der Waals surface area contributed by atoms with Gasteiger partial charge in [0, 0.05) is 13.1 Å². The Morgan fingerprint density at radius 2 is 1.74 bits per heavy atom. The van der Waals surface area contributed by atoms with Gasteiger partial charge < -0.3 is 19.5 Å². The Bertz CT molecular complexity index is 700. The molecule has 1 amide bonds. The molecule has 0 aromatic heterocycles. The molecule has 2 rings (SSSR count). The van der Waals surface area contributed by atoms with Crippen LogP contribution in [-0.2, 0) is 11.2 Å². The number of rotatable bonds is 5. The first-order valence-electron chi connectivity index (χ1n) is 6.92. The number of aromatic hydroxyl groups is 1. The van der Waals surface area contributed by atoms with Crippen LogP contribution in [-0.4, -0.2) is 32.3 Å². The minimum Gasteiger partial charge on any atom is -0.508 e. The summed E-state index contributed by atoms with van der Waals surface area (Å²) in [6.45, 7) is 0. The second kappa shape index (κ2) is 7.24. The lowest BCUT2D eigenvalue weighted by Gasteiger charge is -2.21. The highest BCUT2D eigenvalue weighted by Crippen LogP contribution is 2.37. The third kappa shape index (κ3) is 3.87. The van der Waals surface area contributed by atoms with Gasteiger partial charge in [0.1, 0.15) is 17.2 Å². The molecule has 0 spiro atoms. The maximum atomic E-state index is 12.5. The number of benzene rings is 2. The molecule has 2 aromatic rings. The first-order valence-corrected chi connectivity index (χ1v) is 7.30. The lowest BCUT2D eigenvalue weighted by atomic mass is 10.1. The number of phenols is 1. The van der Waals surface area contributed by atoms with Crippen molar-refractivity contribution in [1.29, 1.82) is 0 Å². The topological polar surface area (TPSA) is 59.0 Å². The number of nitrogens with zero attached hydrogens (tertiary/aromatic N) is 1. The van der Waals surface area contributed by atoms with Crippen LogP contribution in [0.2, 0.25) is 5.02 Å². The summed E-state index contributed by atoms with van der Waals surface area (Å²) in [5, 5.41) is 9.68. The Morgan fingerprint density at radius 3 is 2.30 bits per heavy atom. The van der Waals surface area contributed by atoms with E-state index in [9.17, 15) is 9.90 Å². The van der Waals surface area contributed by atoms with E-state index >= 15 is 0 Å². The van der Waals surface area contributed by atoms with Gasteiger partial charge in [-0.05, 0) is 23.8 Å². The van der Waals surface area contributed by atoms with Crippen LogP contribution in [0.1, 0.15) is 5.56 Å². The zero-order valence-corrected chi connectivity index (χ0v) is 13.9. The maximum Gasteiger partial charge on any atom is 0.231 e. The lowest BCUT2D eigenvalue weighted by Crippen LogP contribution is -2.28. The number of amides is 1. The molecule has 0 saturated heterocycles. The van der Waals surface area contributed by atoms with Crippen molar-refractivity contribution in [2.75, 3.05) is 26.2 Å². The smallest absolute Gasteiger partial charge is 0.231 e. The molecule has 0 aliphatic rings. The van der Waals surface area contributed by atoms with Gasteiger partial charge in [-0.3, -0.25) is 4.79 Å². The van der Waals surface area contributed by atoms with Gasteiger partial charge in [-0.25, -0.2) is 0 Å². The van der Waals surface area contributed by atoms with Crippen LogP contribution in [0, 0.1) is 0 Å². The average Bonchev–Trinajstić information content (AvgIpc) is 2.56. The molecule has 0 atom stereocenters. The fraction of sp³-hybridized carbons (Fsp3) is 0.235. The summed E-state index contributed by atoms with van der Waals surface area (Å²) >= 11 is 6.14. The molecule has 1 N–H and O–H groups in total. The highest BCUT2D eigenvalue weighted by Gasteiger charge is 2.18. The van der Waals surface area contributed by atoms with Gasteiger partial charge in [-0.2, -0.15) is 0 Å². The molecule has 0 bridgehead atoms. The fourth-order valence-corrected chi connectivity index (χ4v) is 2.38. The molecule has 6 heteroatoms. The number of methoxy groups -OCH3 is 2. The number of phenolic OH excluding ortho intramolecular Hbond substituents is 1. The summed E-state index contributed by atoms with van der Waals surface area (Å²) in [7, 11) is 4.69. The SMILES string of the molecule is COc1cc(OC)c(N(C)C(=O)Cc2ccc(O)cc2)cc1Cl. The molecule has 0 aliphatic carbocycles. The molecular formula is C17H18ClNO4. The van der Waals surface area contributed by atoms with Gasteiger partial charge in [0.15, 0.2) is 0 Å². The fourth-order valence-electron chi connectivity index (χ4n) is 2.15. The first kappa shape index (κ1) is 17.0. The van der Waals surface area contributed by atoms with E-state index in [-0.39, 0.29) is 18.1 Å². The number of likely N-dealkylation sites (N-methyl/N-ethyl adjacent to an activating group) is 1. The van der Waals surface area contributed by atoms with Crippen molar-refractivity contribution in [3.63, 3.8) is 0 Å². The molecule has 0 aliphatic heterocycles. The Labute approximate surface area is 140 Å². The van der Waals surface area contributed by atoms with Crippen LogP contribution in [0.5, 0.6) is 17.2 Å². The van der Waals surface area contributed by atoms with Gasteiger partial charge in [-0.1, -0.05) is 23.7 Å². The Kier molecular flexibility index (Phi) is 5.34. The van der Waals surface area contributed by atoms with Crippen molar-refractivity contribution in [2.45, 2.75) is 6.42 Å². The number of hydrogen-bond acceptors (Lipinski definition) is 4. The minimum absolute atomic E-state index is 0.129. The van der Waals surface area contributed by atoms with Crippen LogP contribution in [0.25, 0.3) is 0 Å². The number of ether oxygens (including phenoxy) is 2. The quantitative estimate of drug-likeness (QED) is 0.911. The number of carbonyl (C=O) groups is 1. The zero-order chi connectivity index (χ0) is 17.0. The van der Waals surface area contributed by atoms with Crippen LogP contribution >= 0.6 is 11.6 Å². The Balaban J connectivity index is 2.25. The molecule has 0 saturated carbocycles. The lowest BCUT2D eigenvalue weighted by molar-refractivity contribution is -0.117. The second-order valence-corrected chi connectivity index (χ2v) is 5.36. The number of carbonyl (C=O) groups excluding carboxylic acids is 1. The second-order valence-electron chi connectivity index (χ2n) is 4.95. The molecule has 122 valence electrons. The number of anilines is 1. The minimum atomic E-state index is -0.129. The highest BCUT2D eigenvalue weighted by atomic mass is 35.5. The predicted molar refractivity (Wildman–Crippen MR) is 89.8 cm³/mol. The van der Waals surface area contributed by atoms with Crippen LogP contribution in [0.15, 0.2) is 36.4 Å². The van der Waals surface area contributed by atoms with Crippen molar-refractivity contribution < 1.29 is 19.4 Å². The molecule has 0 unspecified atom stereocenters. The highest BCUT2D eigenvalue weighted by molar-refractivity contribution is 6.32.